The second-order valence-corrected chi connectivity index (χ2v) is 8.55. The summed E-state index contributed by atoms with van der Waals surface area (Å²) in [6.45, 7) is 0. The topological polar surface area (TPSA) is 24.4 Å². The zero-order chi connectivity index (χ0) is 15.7. The van der Waals surface area contributed by atoms with Crippen molar-refractivity contribution in [2.24, 2.45) is 4.99 Å². The Balaban J connectivity index is 1.65. The minimum Gasteiger partial charge on any atom is -0.358 e. The Morgan fingerprint density at radius 3 is 2.52 bits per heavy atom. The Kier molecular flexibility index (Phi) is 4.37. The minimum atomic E-state index is 0.321. The van der Waals surface area contributed by atoms with E-state index in [2.05, 4.69) is 76.4 Å². The van der Waals surface area contributed by atoms with Crippen LogP contribution in [0.25, 0.3) is 11.1 Å². The van der Waals surface area contributed by atoms with Crippen LogP contribution in [0.2, 0.25) is 0 Å². The van der Waals surface area contributed by atoms with Gasteiger partial charge < -0.3 is 5.32 Å². The van der Waals surface area contributed by atoms with E-state index in [4.69, 9.17) is 4.99 Å². The lowest BCUT2D eigenvalue weighted by atomic mass is 10.0. The third-order valence-corrected chi connectivity index (χ3v) is 6.58. The van der Waals surface area contributed by atoms with E-state index >= 15 is 0 Å². The number of aliphatic imine (C=N–C) groups is 1. The Morgan fingerprint density at radius 1 is 1.00 bits per heavy atom. The molecule has 1 N–H and O–H groups in total. The second-order valence-electron chi connectivity index (χ2n) is 6.34. The highest BCUT2D eigenvalue weighted by atomic mass is 127. The molecule has 1 saturated heterocycles. The van der Waals surface area contributed by atoms with Gasteiger partial charge in [-0.05, 0) is 59.2 Å². The molecule has 2 fully saturated rings. The van der Waals surface area contributed by atoms with Crippen LogP contribution in [0.3, 0.4) is 0 Å². The van der Waals surface area contributed by atoms with Gasteiger partial charge in [-0.15, -0.1) is 0 Å². The fourth-order valence-corrected chi connectivity index (χ4v) is 5.03. The van der Waals surface area contributed by atoms with Gasteiger partial charge in [-0.1, -0.05) is 54.9 Å². The fourth-order valence-electron chi connectivity index (χ4n) is 3.44. The number of hydrogen-bond acceptors (Lipinski definition) is 2. The standard InChI is InChI=1S/C19H19IN2S/c20-15-9-7-14(8-10-15)16-5-1-2-6-17(16)21-18-22-19(13-23-18)11-3-4-12-19/h1-2,5-10H,3-4,11-13H2,(H,21,22). The maximum Gasteiger partial charge on any atom is 0.162 e. The van der Waals surface area contributed by atoms with Gasteiger partial charge in [0.05, 0.1) is 5.69 Å². The average molecular weight is 434 g/mol. The van der Waals surface area contributed by atoms with Crippen LogP contribution in [-0.4, -0.2) is 16.5 Å². The summed E-state index contributed by atoms with van der Waals surface area (Å²) in [4.78, 5) is 4.94. The summed E-state index contributed by atoms with van der Waals surface area (Å²) in [5, 5.41) is 4.80. The smallest absolute Gasteiger partial charge is 0.162 e. The molecule has 118 valence electrons. The van der Waals surface area contributed by atoms with Crippen LogP contribution in [0, 0.1) is 3.57 Å². The summed E-state index contributed by atoms with van der Waals surface area (Å²) in [5.74, 6) is 1.16. The Morgan fingerprint density at radius 2 is 1.74 bits per heavy atom. The van der Waals surface area contributed by atoms with E-state index in [1.54, 1.807) is 0 Å². The van der Waals surface area contributed by atoms with Crippen molar-refractivity contribution in [1.82, 2.24) is 5.32 Å². The second kappa shape index (κ2) is 6.48. The van der Waals surface area contributed by atoms with Gasteiger partial charge >= 0.3 is 0 Å². The van der Waals surface area contributed by atoms with Crippen molar-refractivity contribution >= 4 is 45.2 Å². The van der Waals surface area contributed by atoms with Gasteiger partial charge in [0.25, 0.3) is 0 Å². The molecule has 1 aliphatic heterocycles. The first kappa shape index (κ1) is 15.5. The number of thioether (sulfide) groups is 1. The lowest BCUT2D eigenvalue weighted by Gasteiger charge is -2.21. The molecule has 0 bridgehead atoms. The van der Waals surface area contributed by atoms with Crippen molar-refractivity contribution in [3.8, 4) is 11.1 Å². The van der Waals surface area contributed by atoms with Crippen molar-refractivity contribution in [2.45, 2.75) is 31.2 Å². The molecule has 1 spiro atoms. The summed E-state index contributed by atoms with van der Waals surface area (Å²) in [5.41, 5.74) is 3.80. The van der Waals surface area contributed by atoms with Gasteiger partial charge in [0.1, 0.15) is 0 Å². The van der Waals surface area contributed by atoms with E-state index in [0.717, 1.165) is 16.6 Å². The number of amidine groups is 1. The van der Waals surface area contributed by atoms with Crippen LogP contribution in [-0.2, 0) is 0 Å². The number of nitrogens with one attached hydrogen (secondary N) is 1. The van der Waals surface area contributed by atoms with E-state index < -0.39 is 0 Å². The third-order valence-electron chi connectivity index (χ3n) is 4.70. The van der Waals surface area contributed by atoms with Gasteiger partial charge in [-0.25, -0.2) is 4.99 Å². The van der Waals surface area contributed by atoms with E-state index in [9.17, 15) is 0 Å². The Labute approximate surface area is 155 Å². The third kappa shape index (κ3) is 3.29. The van der Waals surface area contributed by atoms with Crippen LogP contribution in [0.5, 0.6) is 0 Å². The molecule has 0 unspecified atom stereocenters. The summed E-state index contributed by atoms with van der Waals surface area (Å²) in [6, 6.07) is 17.1. The molecule has 2 nitrogen and oxygen atoms in total. The zero-order valence-corrected chi connectivity index (χ0v) is 15.9. The first-order chi connectivity index (χ1) is 11.2. The molecule has 1 saturated carbocycles. The molecule has 2 aliphatic rings. The molecule has 1 aliphatic carbocycles. The summed E-state index contributed by atoms with van der Waals surface area (Å²) in [7, 11) is 0. The van der Waals surface area contributed by atoms with Crippen molar-refractivity contribution < 1.29 is 0 Å². The molecule has 2 aromatic carbocycles. The predicted octanol–water partition coefficient (Wildman–Crippen LogP) is 5.59. The SMILES string of the molecule is Ic1ccc(-c2ccccc2N=C2NC3(CCCC3)CS2)cc1. The fraction of sp³-hybridized carbons (Fsp3) is 0.316. The molecule has 2 aromatic rings. The Hall–Kier alpha value is -1.01. The van der Waals surface area contributed by atoms with Crippen molar-refractivity contribution in [1.29, 1.82) is 0 Å². The van der Waals surface area contributed by atoms with Gasteiger partial charge in [0, 0.05) is 20.4 Å². The molecule has 4 rings (SSSR count). The van der Waals surface area contributed by atoms with Crippen molar-refractivity contribution in [3.05, 3.63) is 52.1 Å². The highest BCUT2D eigenvalue weighted by Crippen LogP contribution is 2.39. The first-order valence-corrected chi connectivity index (χ1v) is 10.2. The maximum atomic E-state index is 4.94. The molecule has 0 aromatic heterocycles. The number of rotatable bonds is 2. The molecule has 1 heterocycles. The molecule has 0 atom stereocenters. The predicted molar refractivity (Wildman–Crippen MR) is 108 cm³/mol. The molecule has 0 radical (unpaired) electrons. The minimum absolute atomic E-state index is 0.321. The van der Waals surface area contributed by atoms with E-state index in [1.165, 1.54) is 40.4 Å². The summed E-state index contributed by atoms with van der Waals surface area (Å²) < 4.78 is 1.26. The largest absolute Gasteiger partial charge is 0.358 e. The number of para-hydroxylation sites is 1. The normalized spacial score (nSPS) is 21.0. The monoisotopic (exact) mass is 434 g/mol. The number of benzene rings is 2. The van der Waals surface area contributed by atoms with E-state index in [-0.39, 0.29) is 0 Å². The van der Waals surface area contributed by atoms with Gasteiger partial charge in [-0.2, -0.15) is 0 Å². The van der Waals surface area contributed by atoms with Crippen LogP contribution in [0.15, 0.2) is 53.5 Å². The zero-order valence-electron chi connectivity index (χ0n) is 12.9. The van der Waals surface area contributed by atoms with Crippen LogP contribution in [0.4, 0.5) is 5.69 Å². The molecular weight excluding hydrogens is 415 g/mol. The van der Waals surface area contributed by atoms with Gasteiger partial charge in [-0.3, -0.25) is 0 Å². The van der Waals surface area contributed by atoms with Crippen molar-refractivity contribution in [3.63, 3.8) is 0 Å². The summed E-state index contributed by atoms with van der Waals surface area (Å²) in [6.07, 6.45) is 5.27. The quantitative estimate of drug-likeness (QED) is 0.623. The number of nitrogens with zero attached hydrogens (tertiary/aromatic N) is 1. The van der Waals surface area contributed by atoms with Crippen molar-refractivity contribution in [2.75, 3.05) is 5.75 Å². The number of halogens is 1. The van der Waals surface area contributed by atoms with E-state index in [0.29, 0.717) is 5.54 Å². The van der Waals surface area contributed by atoms with Crippen LogP contribution in [0.1, 0.15) is 25.7 Å². The van der Waals surface area contributed by atoms with E-state index in [1.807, 2.05) is 11.8 Å². The lowest BCUT2D eigenvalue weighted by molar-refractivity contribution is 0.453. The van der Waals surface area contributed by atoms with Gasteiger partial charge in [0.15, 0.2) is 5.17 Å². The highest BCUT2D eigenvalue weighted by Gasteiger charge is 2.39. The highest BCUT2D eigenvalue weighted by molar-refractivity contribution is 14.1. The molecular formula is C19H19IN2S. The average Bonchev–Trinajstić information content (AvgIpc) is 3.19. The molecule has 4 heteroatoms. The molecule has 23 heavy (non-hydrogen) atoms. The lowest BCUT2D eigenvalue weighted by Crippen LogP contribution is -2.40. The van der Waals surface area contributed by atoms with Gasteiger partial charge in [0.2, 0.25) is 0 Å². The maximum absolute atomic E-state index is 4.94. The van der Waals surface area contributed by atoms with Crippen LogP contribution >= 0.6 is 34.4 Å². The first-order valence-electron chi connectivity index (χ1n) is 8.09. The number of hydrogen-bond donors (Lipinski definition) is 1. The molecule has 0 amide bonds. The summed E-state index contributed by atoms with van der Waals surface area (Å²) >= 11 is 4.22. The Bertz CT molecular complexity index is 733. The van der Waals surface area contributed by atoms with Crippen LogP contribution < -0.4 is 5.32 Å².